The van der Waals surface area contributed by atoms with Gasteiger partial charge in [0.2, 0.25) is 0 Å². The number of anilines is 2. The quantitative estimate of drug-likeness (QED) is 0.709. The average Bonchev–Trinajstić information content (AvgIpc) is 2.54. The van der Waals surface area contributed by atoms with Crippen LogP contribution in [0.2, 0.25) is 0 Å². The van der Waals surface area contributed by atoms with Gasteiger partial charge in [0.15, 0.2) is 0 Å². The Bertz CT molecular complexity index is 703. The standard InChI is InChI=1S/C18H23BrN4O/c1-13-5-6-16(15(19)11-13)22-14-7-9-20-17(12-14)18(24)21-8-4-10-23(2)3/h5-7,9,11-12H,4,8,10H2,1-3H3,(H,20,22)(H,21,24). The van der Waals surface area contributed by atoms with E-state index in [9.17, 15) is 4.79 Å². The highest BCUT2D eigenvalue weighted by atomic mass is 79.9. The number of hydrogen-bond donors (Lipinski definition) is 2. The van der Waals surface area contributed by atoms with Gasteiger partial charge in [-0.05, 0) is 79.7 Å². The van der Waals surface area contributed by atoms with Crippen molar-refractivity contribution >= 4 is 33.2 Å². The van der Waals surface area contributed by atoms with Crippen molar-refractivity contribution in [1.82, 2.24) is 15.2 Å². The Hall–Kier alpha value is -1.92. The zero-order chi connectivity index (χ0) is 17.5. The molecular formula is C18H23BrN4O. The highest BCUT2D eigenvalue weighted by molar-refractivity contribution is 9.10. The summed E-state index contributed by atoms with van der Waals surface area (Å²) in [6.07, 6.45) is 2.55. The second-order valence-electron chi connectivity index (χ2n) is 5.95. The van der Waals surface area contributed by atoms with Gasteiger partial charge in [0.05, 0.1) is 5.69 Å². The van der Waals surface area contributed by atoms with Crippen LogP contribution in [0, 0.1) is 6.92 Å². The van der Waals surface area contributed by atoms with Crippen LogP contribution in [0.4, 0.5) is 11.4 Å². The molecule has 0 unspecified atom stereocenters. The second-order valence-corrected chi connectivity index (χ2v) is 6.81. The van der Waals surface area contributed by atoms with Gasteiger partial charge in [0, 0.05) is 22.9 Å². The Balaban J connectivity index is 1.99. The molecule has 24 heavy (non-hydrogen) atoms. The highest BCUT2D eigenvalue weighted by Crippen LogP contribution is 2.26. The zero-order valence-electron chi connectivity index (χ0n) is 14.3. The molecule has 0 saturated heterocycles. The lowest BCUT2D eigenvalue weighted by Crippen LogP contribution is -2.27. The fraction of sp³-hybridized carbons (Fsp3) is 0.333. The van der Waals surface area contributed by atoms with Crippen LogP contribution in [0.3, 0.4) is 0 Å². The fourth-order valence-electron chi connectivity index (χ4n) is 2.20. The number of carbonyl (C=O) groups excluding carboxylic acids is 1. The zero-order valence-corrected chi connectivity index (χ0v) is 15.9. The number of benzene rings is 1. The van der Waals surface area contributed by atoms with Crippen molar-refractivity contribution in [2.24, 2.45) is 0 Å². The molecule has 1 heterocycles. The van der Waals surface area contributed by atoms with Crippen LogP contribution in [0.1, 0.15) is 22.5 Å². The van der Waals surface area contributed by atoms with E-state index in [2.05, 4.69) is 36.4 Å². The second kappa shape index (κ2) is 8.80. The molecule has 128 valence electrons. The molecule has 1 aromatic heterocycles. The van der Waals surface area contributed by atoms with Crippen LogP contribution >= 0.6 is 15.9 Å². The summed E-state index contributed by atoms with van der Waals surface area (Å²) in [5.41, 5.74) is 3.37. The van der Waals surface area contributed by atoms with Gasteiger partial charge < -0.3 is 15.5 Å². The average molecular weight is 391 g/mol. The number of aryl methyl sites for hydroxylation is 1. The van der Waals surface area contributed by atoms with E-state index in [4.69, 9.17) is 0 Å². The van der Waals surface area contributed by atoms with Crippen molar-refractivity contribution in [2.75, 3.05) is 32.5 Å². The Morgan fingerprint density at radius 2 is 2.04 bits per heavy atom. The Kier molecular flexibility index (Phi) is 6.75. The van der Waals surface area contributed by atoms with Gasteiger partial charge in [-0.1, -0.05) is 6.07 Å². The third-order valence-electron chi connectivity index (χ3n) is 3.46. The molecule has 0 aliphatic heterocycles. The number of aromatic nitrogens is 1. The summed E-state index contributed by atoms with van der Waals surface area (Å²) in [6, 6.07) is 9.68. The molecule has 0 spiro atoms. The Morgan fingerprint density at radius 3 is 2.75 bits per heavy atom. The van der Waals surface area contributed by atoms with E-state index in [1.807, 2.05) is 45.3 Å². The number of hydrogen-bond acceptors (Lipinski definition) is 4. The Morgan fingerprint density at radius 1 is 1.25 bits per heavy atom. The maximum atomic E-state index is 12.2. The van der Waals surface area contributed by atoms with Crippen molar-refractivity contribution < 1.29 is 4.79 Å². The third-order valence-corrected chi connectivity index (χ3v) is 4.12. The first kappa shape index (κ1) is 18.4. The van der Waals surface area contributed by atoms with E-state index in [0.717, 1.165) is 28.8 Å². The van der Waals surface area contributed by atoms with Gasteiger partial charge >= 0.3 is 0 Å². The maximum Gasteiger partial charge on any atom is 0.269 e. The lowest BCUT2D eigenvalue weighted by molar-refractivity contribution is 0.0947. The van der Waals surface area contributed by atoms with Gasteiger partial charge in [-0.25, -0.2) is 0 Å². The molecule has 0 radical (unpaired) electrons. The molecule has 2 N–H and O–H groups in total. The van der Waals surface area contributed by atoms with Gasteiger partial charge in [0.1, 0.15) is 5.69 Å². The summed E-state index contributed by atoms with van der Waals surface area (Å²) >= 11 is 3.54. The molecule has 5 nitrogen and oxygen atoms in total. The number of pyridine rings is 1. The van der Waals surface area contributed by atoms with Gasteiger partial charge in [0.25, 0.3) is 5.91 Å². The molecule has 0 atom stereocenters. The number of carbonyl (C=O) groups is 1. The summed E-state index contributed by atoms with van der Waals surface area (Å²) in [5, 5.41) is 6.20. The van der Waals surface area contributed by atoms with Crippen LogP contribution < -0.4 is 10.6 Å². The first-order chi connectivity index (χ1) is 11.5. The summed E-state index contributed by atoms with van der Waals surface area (Å²) in [6.45, 7) is 3.62. The van der Waals surface area contributed by atoms with E-state index in [0.29, 0.717) is 12.2 Å². The van der Waals surface area contributed by atoms with Crippen LogP contribution in [0.25, 0.3) is 0 Å². The molecule has 2 aromatic rings. The normalized spacial score (nSPS) is 10.7. The van der Waals surface area contributed by atoms with Gasteiger partial charge in [-0.3, -0.25) is 9.78 Å². The number of amides is 1. The molecule has 0 saturated carbocycles. The van der Waals surface area contributed by atoms with Crippen LogP contribution in [0.15, 0.2) is 41.0 Å². The lowest BCUT2D eigenvalue weighted by Gasteiger charge is -2.11. The predicted molar refractivity (Wildman–Crippen MR) is 102 cm³/mol. The van der Waals surface area contributed by atoms with Crippen molar-refractivity contribution in [1.29, 1.82) is 0 Å². The predicted octanol–water partition coefficient (Wildman–Crippen LogP) is 3.58. The SMILES string of the molecule is Cc1ccc(Nc2ccnc(C(=O)NCCCN(C)C)c2)c(Br)c1. The number of nitrogens with zero attached hydrogens (tertiary/aromatic N) is 2. The van der Waals surface area contributed by atoms with E-state index in [1.165, 1.54) is 5.56 Å². The van der Waals surface area contributed by atoms with Crippen LogP contribution in [-0.2, 0) is 0 Å². The molecular weight excluding hydrogens is 368 g/mol. The molecule has 0 fully saturated rings. The molecule has 0 bridgehead atoms. The van der Waals surface area contributed by atoms with E-state index in [-0.39, 0.29) is 5.91 Å². The lowest BCUT2D eigenvalue weighted by atomic mass is 10.2. The fourth-order valence-corrected chi connectivity index (χ4v) is 2.79. The van der Waals surface area contributed by atoms with E-state index >= 15 is 0 Å². The molecule has 1 aromatic carbocycles. The van der Waals surface area contributed by atoms with Gasteiger partial charge in [-0.2, -0.15) is 0 Å². The van der Waals surface area contributed by atoms with Gasteiger partial charge in [-0.15, -0.1) is 0 Å². The smallest absolute Gasteiger partial charge is 0.269 e. The first-order valence-electron chi connectivity index (χ1n) is 7.88. The van der Waals surface area contributed by atoms with Crippen molar-refractivity contribution in [3.05, 3.63) is 52.3 Å². The molecule has 1 amide bonds. The first-order valence-corrected chi connectivity index (χ1v) is 8.67. The van der Waals surface area contributed by atoms with Crippen LogP contribution in [0.5, 0.6) is 0 Å². The van der Waals surface area contributed by atoms with Crippen LogP contribution in [-0.4, -0.2) is 43.0 Å². The molecule has 2 rings (SSSR count). The largest absolute Gasteiger partial charge is 0.354 e. The maximum absolute atomic E-state index is 12.2. The molecule has 6 heteroatoms. The van der Waals surface area contributed by atoms with Crippen molar-refractivity contribution in [3.8, 4) is 0 Å². The minimum atomic E-state index is -0.152. The number of rotatable bonds is 7. The number of nitrogens with one attached hydrogen (secondary N) is 2. The number of halogens is 1. The molecule has 0 aliphatic rings. The van der Waals surface area contributed by atoms with Crippen molar-refractivity contribution in [2.45, 2.75) is 13.3 Å². The highest BCUT2D eigenvalue weighted by Gasteiger charge is 2.08. The minimum absolute atomic E-state index is 0.152. The summed E-state index contributed by atoms with van der Waals surface area (Å²) in [4.78, 5) is 18.4. The third kappa shape index (κ3) is 5.62. The summed E-state index contributed by atoms with van der Waals surface area (Å²) in [5.74, 6) is -0.152. The monoisotopic (exact) mass is 390 g/mol. The minimum Gasteiger partial charge on any atom is -0.354 e. The van der Waals surface area contributed by atoms with E-state index < -0.39 is 0 Å². The Labute approximate surface area is 151 Å². The molecule has 0 aliphatic carbocycles. The summed E-state index contributed by atoms with van der Waals surface area (Å²) < 4.78 is 0.981. The van der Waals surface area contributed by atoms with Crippen molar-refractivity contribution in [3.63, 3.8) is 0 Å². The van der Waals surface area contributed by atoms with E-state index in [1.54, 1.807) is 12.3 Å². The summed E-state index contributed by atoms with van der Waals surface area (Å²) in [7, 11) is 4.03. The topological polar surface area (TPSA) is 57.3 Å².